The van der Waals surface area contributed by atoms with Crippen LogP contribution in [-0.4, -0.2) is 13.1 Å². The van der Waals surface area contributed by atoms with Gasteiger partial charge < -0.3 is 0 Å². The summed E-state index contributed by atoms with van der Waals surface area (Å²) in [7, 11) is -1.39. The number of aromatic nitrogens is 1. The van der Waals surface area contributed by atoms with Crippen LogP contribution in [0.4, 0.5) is 0 Å². The average Bonchev–Trinajstić information content (AvgIpc) is 2.67. The minimum absolute atomic E-state index is 0.483. The molecule has 0 saturated heterocycles. The van der Waals surface area contributed by atoms with Crippen molar-refractivity contribution in [2.24, 2.45) is 0 Å². The highest BCUT2D eigenvalue weighted by Crippen LogP contribution is 2.37. The fourth-order valence-corrected chi connectivity index (χ4v) is 4.89. The molecule has 0 aliphatic rings. The van der Waals surface area contributed by atoms with Crippen LogP contribution < -0.4 is 5.19 Å². The van der Waals surface area contributed by atoms with E-state index in [1.807, 2.05) is 6.20 Å². The van der Waals surface area contributed by atoms with Crippen molar-refractivity contribution in [1.82, 2.24) is 4.98 Å². The second-order valence-corrected chi connectivity index (χ2v) is 14.5. The molecule has 1 nitrogen and oxygen atoms in total. The summed E-state index contributed by atoms with van der Waals surface area (Å²) in [6, 6.07) is 19.9. The van der Waals surface area contributed by atoms with Gasteiger partial charge in [0.1, 0.15) is 0 Å². The molecule has 3 aromatic rings. The van der Waals surface area contributed by atoms with Gasteiger partial charge in [-0.25, -0.2) is 0 Å². The molecule has 1 aromatic heterocycles. The molecule has 3 rings (SSSR count). The summed E-state index contributed by atoms with van der Waals surface area (Å²) >= 11 is 0. The van der Waals surface area contributed by atoms with Crippen molar-refractivity contribution in [1.29, 1.82) is 0 Å². The number of hydrogen-bond donors (Lipinski definition) is 0. The van der Waals surface area contributed by atoms with Crippen molar-refractivity contribution in [2.75, 3.05) is 0 Å². The normalized spacial score (nSPS) is 12.0. The van der Waals surface area contributed by atoms with E-state index in [-0.39, 0.29) is 0 Å². The van der Waals surface area contributed by atoms with Crippen LogP contribution in [0.3, 0.4) is 0 Å². The molecule has 0 amide bonds. The third kappa shape index (κ3) is 4.28. The number of nitrogens with zero attached hydrogens (tertiary/aromatic N) is 1. The van der Waals surface area contributed by atoms with E-state index in [1.54, 1.807) is 5.19 Å². The van der Waals surface area contributed by atoms with E-state index >= 15 is 0 Å². The molecule has 2 heteroatoms. The minimum atomic E-state index is -1.39. The quantitative estimate of drug-likeness (QED) is 0.421. The van der Waals surface area contributed by atoms with Crippen molar-refractivity contribution in [3.63, 3.8) is 0 Å². The molecule has 0 atom stereocenters. The van der Waals surface area contributed by atoms with Gasteiger partial charge in [0.05, 0.1) is 13.8 Å². The highest BCUT2D eigenvalue weighted by Gasteiger charge is 2.23. The first kappa shape index (κ1) is 20.5. The van der Waals surface area contributed by atoms with Crippen LogP contribution in [0.5, 0.6) is 0 Å². The van der Waals surface area contributed by atoms with Crippen LogP contribution in [0, 0.1) is 0 Å². The first-order chi connectivity index (χ1) is 13.2. The van der Waals surface area contributed by atoms with Gasteiger partial charge in [0.25, 0.3) is 0 Å². The molecule has 28 heavy (non-hydrogen) atoms. The monoisotopic (exact) mass is 387 g/mol. The van der Waals surface area contributed by atoms with Gasteiger partial charge in [-0.05, 0) is 46.2 Å². The Morgan fingerprint density at radius 1 is 0.714 bits per heavy atom. The Bertz CT molecular complexity index is 921. The first-order valence-electron chi connectivity index (χ1n) is 10.4. The van der Waals surface area contributed by atoms with E-state index < -0.39 is 8.07 Å². The fraction of sp³-hybridized carbons (Fsp3) is 0.346. The fourth-order valence-electron chi connectivity index (χ4n) is 3.72. The molecule has 0 fully saturated rings. The summed E-state index contributed by atoms with van der Waals surface area (Å²) < 4.78 is 0. The molecule has 0 aliphatic heterocycles. The molecule has 1 heterocycles. The highest BCUT2D eigenvalue weighted by atomic mass is 28.3. The van der Waals surface area contributed by atoms with Crippen LogP contribution in [-0.2, 0) is 0 Å². The lowest BCUT2D eigenvalue weighted by Crippen LogP contribution is -2.38. The summed E-state index contributed by atoms with van der Waals surface area (Å²) in [5.74, 6) is 0.967. The lowest BCUT2D eigenvalue weighted by molar-refractivity contribution is 0.839. The zero-order valence-corrected chi connectivity index (χ0v) is 19.4. The molecule has 2 aromatic carbocycles. The van der Waals surface area contributed by atoms with Gasteiger partial charge in [0, 0.05) is 11.8 Å². The topological polar surface area (TPSA) is 12.9 Å². The van der Waals surface area contributed by atoms with Crippen LogP contribution in [0.15, 0.2) is 60.8 Å². The van der Waals surface area contributed by atoms with E-state index in [2.05, 4.69) is 107 Å². The number of benzene rings is 2. The largest absolute Gasteiger partial charge is 0.256 e. The maximum Gasteiger partial charge on any atom is 0.0776 e. The van der Waals surface area contributed by atoms with E-state index in [0.717, 1.165) is 5.69 Å². The van der Waals surface area contributed by atoms with Crippen molar-refractivity contribution >= 4 is 13.3 Å². The van der Waals surface area contributed by atoms with Gasteiger partial charge in [0.2, 0.25) is 0 Å². The van der Waals surface area contributed by atoms with Crippen LogP contribution >= 0.6 is 0 Å². The molecular formula is C26H33NSi. The zero-order valence-electron chi connectivity index (χ0n) is 18.4. The Morgan fingerprint density at radius 3 is 1.79 bits per heavy atom. The molecule has 146 valence electrons. The summed E-state index contributed by atoms with van der Waals surface area (Å²) in [4.78, 5) is 4.65. The Hall–Kier alpha value is -2.19. The Balaban J connectivity index is 2.26. The predicted octanol–water partition coefficient (Wildman–Crippen LogP) is 7.21. The molecule has 0 N–H and O–H groups in total. The smallest absolute Gasteiger partial charge is 0.0776 e. The summed E-state index contributed by atoms with van der Waals surface area (Å²) in [5, 5.41) is 1.56. The number of hydrogen-bond acceptors (Lipinski definition) is 1. The van der Waals surface area contributed by atoms with E-state index in [1.165, 1.54) is 27.8 Å². The molecule has 0 aliphatic carbocycles. The summed E-state index contributed by atoms with van der Waals surface area (Å²) in [6.07, 6.45) is 1.96. The van der Waals surface area contributed by atoms with Crippen molar-refractivity contribution < 1.29 is 0 Å². The van der Waals surface area contributed by atoms with Crippen molar-refractivity contribution in [3.05, 3.63) is 71.9 Å². The zero-order chi connectivity index (χ0) is 20.5. The summed E-state index contributed by atoms with van der Waals surface area (Å²) in [6.45, 7) is 16.6. The van der Waals surface area contributed by atoms with E-state index in [4.69, 9.17) is 0 Å². The third-order valence-electron chi connectivity index (χ3n) is 5.43. The molecule has 0 unspecified atom stereocenters. The van der Waals surface area contributed by atoms with Crippen LogP contribution in [0.25, 0.3) is 22.4 Å². The maximum atomic E-state index is 4.65. The lowest BCUT2D eigenvalue weighted by atomic mass is 9.85. The number of pyridine rings is 1. The van der Waals surface area contributed by atoms with Gasteiger partial charge in [-0.2, -0.15) is 0 Å². The second kappa shape index (κ2) is 8.04. The van der Waals surface area contributed by atoms with Gasteiger partial charge in [-0.15, -0.1) is 0 Å². The van der Waals surface area contributed by atoms with Crippen molar-refractivity contribution in [3.8, 4) is 22.4 Å². The van der Waals surface area contributed by atoms with Gasteiger partial charge in [0.15, 0.2) is 0 Å². The molecule has 0 radical (unpaired) electrons. The molecule has 0 spiro atoms. The molecule has 0 saturated carbocycles. The Kier molecular flexibility index (Phi) is 5.90. The van der Waals surface area contributed by atoms with Gasteiger partial charge >= 0.3 is 0 Å². The standard InChI is InChI=1S/C26H33NSi/c1-18(2)23-16-22(28(5,6)7)17-24(19(3)4)26(23)21-13-14-27-25(15-21)20-11-9-8-10-12-20/h8-19H,1-7H3. The van der Waals surface area contributed by atoms with E-state index in [9.17, 15) is 0 Å². The highest BCUT2D eigenvalue weighted by molar-refractivity contribution is 6.88. The van der Waals surface area contributed by atoms with Crippen molar-refractivity contribution in [2.45, 2.75) is 59.2 Å². The van der Waals surface area contributed by atoms with Crippen LogP contribution in [0.2, 0.25) is 19.6 Å². The molecule has 0 bridgehead atoms. The maximum absolute atomic E-state index is 4.65. The SMILES string of the molecule is CC(C)c1cc([Si](C)(C)C)cc(C(C)C)c1-c1ccnc(-c2ccccc2)c1. The third-order valence-corrected chi connectivity index (χ3v) is 7.45. The van der Waals surface area contributed by atoms with Gasteiger partial charge in [-0.3, -0.25) is 4.98 Å². The second-order valence-electron chi connectivity index (χ2n) is 9.38. The van der Waals surface area contributed by atoms with E-state index in [0.29, 0.717) is 11.8 Å². The number of rotatable bonds is 5. The minimum Gasteiger partial charge on any atom is -0.256 e. The summed E-state index contributed by atoms with van der Waals surface area (Å²) in [5.41, 5.74) is 7.83. The molecular weight excluding hydrogens is 354 g/mol. The lowest BCUT2D eigenvalue weighted by Gasteiger charge is -2.26. The average molecular weight is 388 g/mol. The Morgan fingerprint density at radius 2 is 1.29 bits per heavy atom. The predicted molar refractivity (Wildman–Crippen MR) is 126 cm³/mol. The Labute approximate surface area is 171 Å². The first-order valence-corrected chi connectivity index (χ1v) is 13.9. The van der Waals surface area contributed by atoms with Crippen LogP contribution in [0.1, 0.15) is 50.7 Å². The van der Waals surface area contributed by atoms with Gasteiger partial charge in [-0.1, -0.05) is 95.0 Å².